The summed E-state index contributed by atoms with van der Waals surface area (Å²) in [4.78, 5) is 13.7. The lowest BCUT2D eigenvalue weighted by atomic mass is 10.1. The maximum atomic E-state index is 13.9. The number of benzene rings is 1. The van der Waals surface area contributed by atoms with Gasteiger partial charge in [-0.2, -0.15) is 0 Å². The highest BCUT2D eigenvalue weighted by Gasteiger charge is 2.19. The van der Waals surface area contributed by atoms with E-state index in [-0.39, 0.29) is 12.2 Å². The van der Waals surface area contributed by atoms with Gasteiger partial charge in [-0.05, 0) is 34.2 Å². The molecule has 1 atom stereocenters. The first-order chi connectivity index (χ1) is 8.95. The Hall–Kier alpha value is -1.35. The molecule has 2 aromatic rings. The van der Waals surface area contributed by atoms with Gasteiger partial charge in [0.25, 0.3) is 0 Å². The molecule has 0 radical (unpaired) electrons. The molecule has 1 aromatic carbocycles. The molecular weight excluding hydrogens is 366 g/mol. The molecule has 0 saturated heterocycles. The third-order valence-electron chi connectivity index (χ3n) is 2.89. The van der Waals surface area contributed by atoms with E-state index < -0.39 is 17.8 Å². The molecule has 0 saturated carbocycles. The molecule has 0 fully saturated rings. The van der Waals surface area contributed by atoms with Gasteiger partial charge in [-0.1, -0.05) is 0 Å². The van der Waals surface area contributed by atoms with Crippen LogP contribution in [0.25, 0.3) is 10.9 Å². The monoisotopic (exact) mass is 378 g/mol. The van der Waals surface area contributed by atoms with Crippen molar-refractivity contribution in [1.82, 2.24) is 4.98 Å². The molecule has 102 valence electrons. The van der Waals surface area contributed by atoms with E-state index in [4.69, 9.17) is 15.6 Å². The van der Waals surface area contributed by atoms with Crippen LogP contribution in [0.2, 0.25) is 0 Å². The Balaban J connectivity index is 2.53. The number of aromatic nitrogens is 1. The Morgan fingerprint density at radius 3 is 2.95 bits per heavy atom. The molecule has 0 aliphatic heterocycles. The van der Waals surface area contributed by atoms with E-state index in [9.17, 15) is 9.18 Å². The minimum absolute atomic E-state index is 0.127. The van der Waals surface area contributed by atoms with Gasteiger partial charge < -0.3 is 20.6 Å². The fourth-order valence-corrected chi connectivity index (χ4v) is 2.59. The SMILES string of the molecule is COc1cc2c(CC(N)C(=O)O)c[nH]c2c(I)c1F. The average molecular weight is 378 g/mol. The molecule has 1 unspecified atom stereocenters. The fraction of sp³-hybridized carbons (Fsp3) is 0.250. The molecule has 5 nitrogen and oxygen atoms in total. The molecule has 0 aliphatic carbocycles. The summed E-state index contributed by atoms with van der Waals surface area (Å²) in [5, 5.41) is 9.55. The first-order valence-electron chi connectivity index (χ1n) is 5.46. The Morgan fingerprint density at radius 1 is 1.68 bits per heavy atom. The van der Waals surface area contributed by atoms with Crippen LogP contribution in [0, 0.1) is 9.39 Å². The number of aromatic amines is 1. The van der Waals surface area contributed by atoms with Crippen LogP contribution in [0.1, 0.15) is 5.56 Å². The summed E-state index contributed by atoms with van der Waals surface area (Å²) in [5.41, 5.74) is 6.86. The van der Waals surface area contributed by atoms with E-state index in [0.717, 1.165) is 10.9 Å². The number of rotatable bonds is 4. The lowest BCUT2D eigenvalue weighted by Gasteiger charge is -2.07. The molecule has 19 heavy (non-hydrogen) atoms. The van der Waals surface area contributed by atoms with Crippen LogP contribution >= 0.6 is 22.6 Å². The Bertz CT molecular complexity index is 641. The lowest BCUT2D eigenvalue weighted by molar-refractivity contribution is -0.138. The van der Waals surface area contributed by atoms with E-state index >= 15 is 0 Å². The van der Waals surface area contributed by atoms with Crippen LogP contribution < -0.4 is 10.5 Å². The Morgan fingerprint density at radius 2 is 2.37 bits per heavy atom. The van der Waals surface area contributed by atoms with Crippen molar-refractivity contribution in [1.29, 1.82) is 0 Å². The quantitative estimate of drug-likeness (QED) is 0.709. The number of carboxylic acids is 1. The summed E-state index contributed by atoms with van der Waals surface area (Å²) in [7, 11) is 1.38. The number of carbonyl (C=O) groups is 1. The van der Waals surface area contributed by atoms with Gasteiger partial charge in [0.05, 0.1) is 16.2 Å². The molecule has 1 aromatic heterocycles. The number of fused-ring (bicyclic) bond motifs is 1. The number of H-pyrrole nitrogens is 1. The number of methoxy groups -OCH3 is 1. The number of nitrogens with two attached hydrogens (primary N) is 1. The van der Waals surface area contributed by atoms with Gasteiger partial charge in [-0.25, -0.2) is 4.39 Å². The van der Waals surface area contributed by atoms with Gasteiger partial charge in [-0.15, -0.1) is 0 Å². The number of carboxylic acid groups (broad SMARTS) is 1. The maximum Gasteiger partial charge on any atom is 0.320 e. The number of hydrogen-bond donors (Lipinski definition) is 3. The topological polar surface area (TPSA) is 88.3 Å². The summed E-state index contributed by atoms with van der Waals surface area (Å²) in [6, 6.07) is 0.556. The van der Waals surface area contributed by atoms with Gasteiger partial charge >= 0.3 is 5.97 Å². The van der Waals surface area contributed by atoms with Crippen LogP contribution in [-0.4, -0.2) is 29.2 Å². The Labute approximate surface area is 122 Å². The molecule has 2 rings (SSSR count). The summed E-state index contributed by atoms with van der Waals surface area (Å²) in [6.45, 7) is 0. The van der Waals surface area contributed by atoms with E-state index in [2.05, 4.69) is 4.98 Å². The van der Waals surface area contributed by atoms with Crippen molar-refractivity contribution >= 4 is 39.5 Å². The van der Waals surface area contributed by atoms with Crippen LogP contribution in [-0.2, 0) is 11.2 Å². The highest BCUT2D eigenvalue weighted by Crippen LogP contribution is 2.32. The number of aliphatic carboxylic acids is 1. The van der Waals surface area contributed by atoms with Crippen molar-refractivity contribution < 1.29 is 19.0 Å². The van der Waals surface area contributed by atoms with Crippen LogP contribution in [0.15, 0.2) is 12.3 Å². The highest BCUT2D eigenvalue weighted by atomic mass is 127. The summed E-state index contributed by atoms with van der Waals surface area (Å²) in [6.07, 6.45) is 1.81. The average Bonchev–Trinajstić information content (AvgIpc) is 2.76. The molecule has 0 bridgehead atoms. The van der Waals surface area contributed by atoms with Crippen molar-refractivity contribution in [2.24, 2.45) is 5.73 Å². The number of nitrogens with one attached hydrogen (secondary N) is 1. The van der Waals surface area contributed by atoms with E-state index in [1.54, 1.807) is 12.3 Å². The van der Waals surface area contributed by atoms with Crippen molar-refractivity contribution in [3.63, 3.8) is 0 Å². The summed E-state index contributed by atoms with van der Waals surface area (Å²) in [5.74, 6) is -1.38. The molecule has 1 heterocycles. The molecule has 0 aliphatic rings. The van der Waals surface area contributed by atoms with Crippen molar-refractivity contribution in [3.8, 4) is 5.75 Å². The number of halogens is 2. The number of ether oxygens (including phenoxy) is 1. The maximum absolute atomic E-state index is 13.9. The van der Waals surface area contributed by atoms with Gasteiger partial charge in [-0.3, -0.25) is 4.79 Å². The molecule has 0 amide bonds. The molecular formula is C12H12FIN2O3. The van der Waals surface area contributed by atoms with Crippen LogP contribution in [0.5, 0.6) is 5.75 Å². The largest absolute Gasteiger partial charge is 0.494 e. The molecule has 0 spiro atoms. The second-order valence-electron chi connectivity index (χ2n) is 4.09. The normalized spacial score (nSPS) is 12.6. The molecule has 4 N–H and O–H groups in total. The predicted molar refractivity (Wildman–Crippen MR) is 76.8 cm³/mol. The van der Waals surface area contributed by atoms with E-state index in [0.29, 0.717) is 9.09 Å². The van der Waals surface area contributed by atoms with Crippen molar-refractivity contribution in [3.05, 3.63) is 27.2 Å². The van der Waals surface area contributed by atoms with Crippen LogP contribution in [0.3, 0.4) is 0 Å². The zero-order valence-electron chi connectivity index (χ0n) is 10.0. The first-order valence-corrected chi connectivity index (χ1v) is 6.54. The van der Waals surface area contributed by atoms with Crippen LogP contribution in [0.4, 0.5) is 4.39 Å². The standard InChI is InChI=1S/C12H12FIN2O3/c1-19-8-3-6-5(2-7(15)12(17)18)4-16-11(6)10(14)9(8)13/h3-4,7,16H,2,15H2,1H3,(H,17,18). The Kier molecular flexibility index (Phi) is 3.95. The predicted octanol–water partition coefficient (Wildman–Crippen LogP) is 1.87. The lowest BCUT2D eigenvalue weighted by Crippen LogP contribution is -2.32. The van der Waals surface area contributed by atoms with Gasteiger partial charge in [0.2, 0.25) is 0 Å². The second-order valence-corrected chi connectivity index (χ2v) is 5.17. The third kappa shape index (κ3) is 2.52. The number of hydrogen-bond acceptors (Lipinski definition) is 3. The first kappa shape index (κ1) is 14.1. The highest BCUT2D eigenvalue weighted by molar-refractivity contribution is 14.1. The zero-order chi connectivity index (χ0) is 14.2. The smallest absolute Gasteiger partial charge is 0.320 e. The van der Waals surface area contributed by atoms with Gasteiger partial charge in [0, 0.05) is 18.0 Å². The third-order valence-corrected chi connectivity index (χ3v) is 3.90. The summed E-state index contributed by atoms with van der Waals surface area (Å²) < 4.78 is 19.2. The second kappa shape index (κ2) is 5.33. The van der Waals surface area contributed by atoms with Gasteiger partial charge in [0.1, 0.15) is 6.04 Å². The minimum Gasteiger partial charge on any atom is -0.494 e. The summed E-state index contributed by atoms with van der Waals surface area (Å²) >= 11 is 1.88. The van der Waals surface area contributed by atoms with E-state index in [1.807, 2.05) is 22.6 Å². The van der Waals surface area contributed by atoms with Crippen molar-refractivity contribution in [2.75, 3.05) is 7.11 Å². The zero-order valence-corrected chi connectivity index (χ0v) is 12.2. The minimum atomic E-state index is -1.07. The van der Waals surface area contributed by atoms with Crippen molar-refractivity contribution in [2.45, 2.75) is 12.5 Å². The fourth-order valence-electron chi connectivity index (χ4n) is 1.88. The molecule has 7 heteroatoms. The van der Waals surface area contributed by atoms with Gasteiger partial charge in [0.15, 0.2) is 11.6 Å². The van der Waals surface area contributed by atoms with E-state index in [1.165, 1.54) is 7.11 Å².